The van der Waals surface area contributed by atoms with Gasteiger partial charge in [0.05, 0.1) is 6.10 Å². The predicted molar refractivity (Wildman–Crippen MR) is 75.7 cm³/mol. The average Bonchev–Trinajstić information content (AvgIpc) is 2.67. The van der Waals surface area contributed by atoms with Crippen molar-refractivity contribution in [3.05, 3.63) is 35.4 Å². The van der Waals surface area contributed by atoms with E-state index in [4.69, 9.17) is 4.74 Å². The van der Waals surface area contributed by atoms with Gasteiger partial charge in [-0.15, -0.1) is 0 Å². The van der Waals surface area contributed by atoms with E-state index in [2.05, 4.69) is 19.2 Å². The van der Waals surface area contributed by atoms with Crippen LogP contribution in [0, 0.1) is 17.0 Å². The van der Waals surface area contributed by atoms with Gasteiger partial charge in [-0.05, 0) is 37.5 Å². The number of ether oxygens (including phenoxy) is 1. The maximum absolute atomic E-state index is 13.4. The molecule has 1 fully saturated rings. The molecule has 1 aromatic rings. The van der Waals surface area contributed by atoms with E-state index in [1.165, 1.54) is 12.1 Å². The smallest absolute Gasteiger partial charge is 0.126 e. The van der Waals surface area contributed by atoms with Gasteiger partial charge in [0.2, 0.25) is 0 Å². The summed E-state index contributed by atoms with van der Waals surface area (Å²) in [5.41, 5.74) is 0.607. The first-order valence-electron chi connectivity index (χ1n) is 7.21. The molecule has 1 saturated heterocycles. The third kappa shape index (κ3) is 3.55. The first-order chi connectivity index (χ1) is 9.41. The Bertz CT molecular complexity index is 444. The molecule has 112 valence electrons. The summed E-state index contributed by atoms with van der Waals surface area (Å²) in [5, 5.41) is 3.44. The van der Waals surface area contributed by atoms with Crippen molar-refractivity contribution in [2.75, 3.05) is 13.2 Å². The van der Waals surface area contributed by atoms with Crippen molar-refractivity contribution in [3.8, 4) is 0 Å². The van der Waals surface area contributed by atoms with Crippen LogP contribution in [0.15, 0.2) is 18.2 Å². The lowest BCUT2D eigenvalue weighted by atomic mass is 9.76. The van der Waals surface area contributed by atoms with E-state index < -0.39 is 11.6 Å². The summed E-state index contributed by atoms with van der Waals surface area (Å²) in [7, 11) is 0. The van der Waals surface area contributed by atoms with Crippen LogP contribution in [0.1, 0.15) is 32.8 Å². The lowest BCUT2D eigenvalue weighted by Crippen LogP contribution is -2.43. The van der Waals surface area contributed by atoms with Gasteiger partial charge >= 0.3 is 0 Å². The number of benzene rings is 1. The SMILES string of the molecule is CC(C)NCC1(Cc2cc(F)cc(F)c2)CCOC1C. The summed E-state index contributed by atoms with van der Waals surface area (Å²) in [6.45, 7) is 7.74. The van der Waals surface area contributed by atoms with Gasteiger partial charge in [-0.2, -0.15) is 0 Å². The molecule has 0 bridgehead atoms. The van der Waals surface area contributed by atoms with Crippen molar-refractivity contribution in [1.29, 1.82) is 0 Å². The van der Waals surface area contributed by atoms with E-state index in [1.54, 1.807) is 0 Å². The molecule has 0 amide bonds. The van der Waals surface area contributed by atoms with E-state index in [-0.39, 0.29) is 11.5 Å². The molecule has 4 heteroatoms. The molecule has 2 rings (SSSR count). The summed E-state index contributed by atoms with van der Waals surface area (Å²) < 4.78 is 32.4. The van der Waals surface area contributed by atoms with E-state index in [1.807, 2.05) is 6.92 Å². The second-order valence-corrected chi connectivity index (χ2v) is 6.12. The van der Waals surface area contributed by atoms with E-state index in [0.717, 1.165) is 19.0 Å². The van der Waals surface area contributed by atoms with E-state index >= 15 is 0 Å². The van der Waals surface area contributed by atoms with E-state index in [0.29, 0.717) is 24.6 Å². The Labute approximate surface area is 119 Å². The normalized spacial score (nSPS) is 26.4. The molecule has 0 aliphatic carbocycles. The highest BCUT2D eigenvalue weighted by Gasteiger charge is 2.41. The molecule has 1 aliphatic rings. The minimum atomic E-state index is -0.515. The predicted octanol–water partition coefficient (Wildman–Crippen LogP) is 3.30. The van der Waals surface area contributed by atoms with Crippen molar-refractivity contribution < 1.29 is 13.5 Å². The zero-order chi connectivity index (χ0) is 14.8. The Hall–Kier alpha value is -1.00. The number of rotatable bonds is 5. The van der Waals surface area contributed by atoms with Crippen LogP contribution in [0.4, 0.5) is 8.78 Å². The Morgan fingerprint density at radius 3 is 2.45 bits per heavy atom. The standard InChI is InChI=1S/C16H23F2NO/c1-11(2)19-10-16(4-5-20-12(16)3)9-13-6-14(17)8-15(18)7-13/h6-8,11-12,19H,4-5,9-10H2,1-3H3. The minimum Gasteiger partial charge on any atom is -0.378 e. The van der Waals surface area contributed by atoms with Gasteiger partial charge < -0.3 is 10.1 Å². The van der Waals surface area contributed by atoms with Crippen molar-refractivity contribution in [3.63, 3.8) is 0 Å². The Balaban J connectivity index is 2.19. The fourth-order valence-electron chi connectivity index (χ4n) is 2.87. The molecular formula is C16H23F2NO. The monoisotopic (exact) mass is 283 g/mol. The molecule has 2 atom stereocenters. The highest BCUT2D eigenvalue weighted by Crippen LogP contribution is 2.38. The zero-order valence-electron chi connectivity index (χ0n) is 12.4. The fourth-order valence-corrected chi connectivity index (χ4v) is 2.87. The molecule has 2 unspecified atom stereocenters. The Kier molecular flexibility index (Phi) is 4.76. The molecule has 1 N–H and O–H groups in total. The summed E-state index contributed by atoms with van der Waals surface area (Å²) in [6, 6.07) is 4.14. The number of nitrogens with one attached hydrogen (secondary N) is 1. The van der Waals surface area contributed by atoms with Crippen LogP contribution in [0.25, 0.3) is 0 Å². The minimum absolute atomic E-state index is 0.0834. The first kappa shape index (κ1) is 15.4. The maximum atomic E-state index is 13.4. The zero-order valence-corrected chi connectivity index (χ0v) is 12.4. The second-order valence-electron chi connectivity index (χ2n) is 6.12. The van der Waals surface area contributed by atoms with Crippen LogP contribution in [0.2, 0.25) is 0 Å². The molecule has 1 aliphatic heterocycles. The second kappa shape index (κ2) is 6.19. The maximum Gasteiger partial charge on any atom is 0.126 e. The molecule has 2 nitrogen and oxygen atoms in total. The van der Waals surface area contributed by atoms with Crippen LogP contribution < -0.4 is 5.32 Å². The quantitative estimate of drug-likeness (QED) is 0.895. The van der Waals surface area contributed by atoms with Gasteiger partial charge in [0.25, 0.3) is 0 Å². The fraction of sp³-hybridized carbons (Fsp3) is 0.625. The Morgan fingerprint density at radius 1 is 1.30 bits per heavy atom. The van der Waals surface area contributed by atoms with Crippen molar-refractivity contribution >= 4 is 0 Å². The Morgan fingerprint density at radius 2 is 1.95 bits per heavy atom. The molecule has 0 radical (unpaired) electrons. The molecule has 1 aromatic carbocycles. The van der Waals surface area contributed by atoms with Gasteiger partial charge in [0.1, 0.15) is 11.6 Å². The summed E-state index contributed by atoms with van der Waals surface area (Å²) in [4.78, 5) is 0. The van der Waals surface area contributed by atoms with Crippen molar-refractivity contribution in [1.82, 2.24) is 5.32 Å². The first-order valence-corrected chi connectivity index (χ1v) is 7.21. The topological polar surface area (TPSA) is 21.3 Å². The summed E-state index contributed by atoms with van der Waals surface area (Å²) in [6.07, 6.45) is 1.62. The van der Waals surface area contributed by atoms with Crippen LogP contribution in [0.5, 0.6) is 0 Å². The average molecular weight is 283 g/mol. The molecule has 0 saturated carbocycles. The summed E-state index contributed by atoms with van der Waals surface area (Å²) >= 11 is 0. The number of hydrogen-bond acceptors (Lipinski definition) is 2. The summed E-state index contributed by atoms with van der Waals surface area (Å²) in [5.74, 6) is -1.03. The highest BCUT2D eigenvalue weighted by atomic mass is 19.1. The largest absolute Gasteiger partial charge is 0.378 e. The van der Waals surface area contributed by atoms with Crippen molar-refractivity contribution in [2.45, 2.75) is 45.8 Å². The van der Waals surface area contributed by atoms with Crippen LogP contribution in [0.3, 0.4) is 0 Å². The third-order valence-electron chi connectivity index (χ3n) is 4.17. The lowest BCUT2D eigenvalue weighted by Gasteiger charge is -2.33. The van der Waals surface area contributed by atoms with Gasteiger partial charge in [-0.3, -0.25) is 0 Å². The highest BCUT2D eigenvalue weighted by molar-refractivity contribution is 5.20. The molecule has 0 aromatic heterocycles. The van der Waals surface area contributed by atoms with Crippen LogP contribution in [-0.2, 0) is 11.2 Å². The van der Waals surface area contributed by atoms with Crippen LogP contribution in [-0.4, -0.2) is 25.3 Å². The van der Waals surface area contributed by atoms with Crippen LogP contribution >= 0.6 is 0 Å². The molecule has 20 heavy (non-hydrogen) atoms. The molecule has 0 spiro atoms. The number of hydrogen-bond donors (Lipinski definition) is 1. The van der Waals surface area contributed by atoms with Gasteiger partial charge in [-0.25, -0.2) is 8.78 Å². The lowest BCUT2D eigenvalue weighted by molar-refractivity contribution is 0.0620. The van der Waals surface area contributed by atoms with Gasteiger partial charge in [0.15, 0.2) is 0 Å². The van der Waals surface area contributed by atoms with E-state index in [9.17, 15) is 8.78 Å². The third-order valence-corrected chi connectivity index (χ3v) is 4.17. The molecule has 1 heterocycles. The van der Waals surface area contributed by atoms with Gasteiger partial charge in [0, 0.05) is 30.7 Å². The number of halogens is 2. The molecular weight excluding hydrogens is 260 g/mol. The van der Waals surface area contributed by atoms with Gasteiger partial charge in [-0.1, -0.05) is 13.8 Å². The van der Waals surface area contributed by atoms with Crippen molar-refractivity contribution in [2.24, 2.45) is 5.41 Å².